The Bertz CT molecular complexity index is 434. The average Bonchev–Trinajstić information content (AvgIpc) is 2.76. The van der Waals surface area contributed by atoms with Crippen molar-refractivity contribution in [2.45, 2.75) is 38.0 Å². The summed E-state index contributed by atoms with van der Waals surface area (Å²) in [5.74, 6) is 1.20. The first kappa shape index (κ1) is 11.1. The van der Waals surface area contributed by atoms with E-state index >= 15 is 0 Å². The van der Waals surface area contributed by atoms with Gasteiger partial charge in [0.2, 0.25) is 0 Å². The molecule has 17 heavy (non-hydrogen) atoms. The molecule has 3 heterocycles. The number of alkyl halides is 3. The first-order valence-electron chi connectivity index (χ1n) is 5.64. The topological polar surface area (TPSA) is 29.3 Å². The van der Waals surface area contributed by atoms with Crippen LogP contribution in [0.4, 0.5) is 13.2 Å². The Balaban J connectivity index is 1.80. The number of hydrogen-bond donors (Lipinski definition) is 0. The van der Waals surface area contributed by atoms with Crippen LogP contribution >= 0.6 is 0 Å². The second-order valence-electron chi connectivity index (χ2n) is 5.03. The van der Waals surface area contributed by atoms with Gasteiger partial charge < -0.3 is 4.42 Å². The minimum absolute atomic E-state index is 0.195. The van der Waals surface area contributed by atoms with E-state index in [0.29, 0.717) is 18.2 Å². The third kappa shape index (κ3) is 1.50. The van der Waals surface area contributed by atoms with Crippen molar-refractivity contribution >= 4 is 0 Å². The molecular formula is C11H13F3N2O. The second-order valence-corrected chi connectivity index (χ2v) is 5.03. The fourth-order valence-electron chi connectivity index (χ4n) is 3.06. The highest BCUT2D eigenvalue weighted by molar-refractivity contribution is 5.15. The Hall–Kier alpha value is -1.04. The molecule has 3 nitrogen and oxygen atoms in total. The number of aromatic nitrogens is 1. The zero-order chi connectivity index (χ0) is 12.3. The summed E-state index contributed by atoms with van der Waals surface area (Å²) in [7, 11) is 0. The van der Waals surface area contributed by atoms with Crippen molar-refractivity contribution in [2.75, 3.05) is 6.54 Å². The number of oxazole rings is 1. The molecule has 4 rings (SSSR count). The number of nitrogens with zero attached hydrogens (tertiary/aromatic N) is 2. The number of hydrogen-bond acceptors (Lipinski definition) is 3. The lowest BCUT2D eigenvalue weighted by atomic mass is 9.73. The summed E-state index contributed by atoms with van der Waals surface area (Å²) in [5, 5.41) is 0. The SMILES string of the molecule is Cc1ncc(CN2CC3CC2(C(F)(F)F)C3)o1. The van der Waals surface area contributed by atoms with Crippen LogP contribution in [0, 0.1) is 12.8 Å². The first-order valence-corrected chi connectivity index (χ1v) is 5.64. The Morgan fingerprint density at radius 1 is 1.53 bits per heavy atom. The zero-order valence-corrected chi connectivity index (χ0v) is 9.42. The molecule has 2 bridgehead atoms. The van der Waals surface area contributed by atoms with Gasteiger partial charge in [0.25, 0.3) is 0 Å². The van der Waals surface area contributed by atoms with Crippen molar-refractivity contribution in [2.24, 2.45) is 5.92 Å². The maximum atomic E-state index is 13.1. The van der Waals surface area contributed by atoms with Crippen LogP contribution in [0.15, 0.2) is 10.6 Å². The molecule has 6 heteroatoms. The summed E-state index contributed by atoms with van der Waals surface area (Å²) >= 11 is 0. The maximum absolute atomic E-state index is 13.1. The molecule has 2 aliphatic heterocycles. The van der Waals surface area contributed by atoms with Gasteiger partial charge >= 0.3 is 6.18 Å². The molecule has 2 saturated heterocycles. The van der Waals surface area contributed by atoms with Crippen LogP contribution in [0.3, 0.4) is 0 Å². The molecule has 0 N–H and O–H groups in total. The maximum Gasteiger partial charge on any atom is 0.406 e. The normalized spacial score (nSPS) is 32.8. The lowest BCUT2D eigenvalue weighted by Gasteiger charge is -2.43. The minimum Gasteiger partial charge on any atom is -0.445 e. The van der Waals surface area contributed by atoms with Crippen LogP contribution in [-0.4, -0.2) is 28.1 Å². The third-order valence-electron chi connectivity index (χ3n) is 3.88. The van der Waals surface area contributed by atoms with Gasteiger partial charge in [-0.2, -0.15) is 13.2 Å². The van der Waals surface area contributed by atoms with E-state index in [1.807, 2.05) is 0 Å². The number of halogens is 3. The van der Waals surface area contributed by atoms with Crippen molar-refractivity contribution in [3.8, 4) is 0 Å². The largest absolute Gasteiger partial charge is 0.445 e. The van der Waals surface area contributed by atoms with Gasteiger partial charge in [-0.25, -0.2) is 4.98 Å². The third-order valence-corrected chi connectivity index (χ3v) is 3.88. The van der Waals surface area contributed by atoms with Crippen molar-refractivity contribution in [3.05, 3.63) is 17.8 Å². The van der Waals surface area contributed by atoms with Crippen LogP contribution < -0.4 is 0 Å². The van der Waals surface area contributed by atoms with E-state index in [9.17, 15) is 13.2 Å². The molecule has 0 unspecified atom stereocenters. The predicted molar refractivity (Wildman–Crippen MR) is 53.2 cm³/mol. The van der Waals surface area contributed by atoms with Gasteiger partial charge in [-0.15, -0.1) is 0 Å². The van der Waals surface area contributed by atoms with Crippen LogP contribution in [0.2, 0.25) is 0 Å². The quantitative estimate of drug-likeness (QED) is 0.803. The molecule has 0 spiro atoms. The number of rotatable bonds is 2. The molecule has 3 fully saturated rings. The minimum atomic E-state index is -4.14. The van der Waals surface area contributed by atoms with Crippen molar-refractivity contribution in [1.29, 1.82) is 0 Å². The molecule has 1 saturated carbocycles. The average molecular weight is 246 g/mol. The van der Waals surface area contributed by atoms with Gasteiger partial charge in [-0.05, 0) is 18.8 Å². The van der Waals surface area contributed by atoms with Crippen LogP contribution in [0.1, 0.15) is 24.5 Å². The Labute approximate surface area is 96.6 Å². The molecule has 94 valence electrons. The molecular weight excluding hydrogens is 233 g/mol. The molecule has 3 aliphatic rings. The zero-order valence-electron chi connectivity index (χ0n) is 9.42. The fraction of sp³-hybridized carbons (Fsp3) is 0.727. The summed E-state index contributed by atoms with van der Waals surface area (Å²) in [5.41, 5.74) is -1.60. The lowest BCUT2D eigenvalue weighted by Crippen LogP contribution is -2.57. The molecule has 1 aromatic heterocycles. The van der Waals surface area contributed by atoms with Crippen LogP contribution in [-0.2, 0) is 6.54 Å². The van der Waals surface area contributed by atoms with Crippen molar-refractivity contribution < 1.29 is 17.6 Å². The van der Waals surface area contributed by atoms with Gasteiger partial charge in [0.15, 0.2) is 5.89 Å². The predicted octanol–water partition coefficient (Wildman–Crippen LogP) is 2.51. The molecule has 0 aromatic carbocycles. The Kier molecular flexibility index (Phi) is 2.12. The highest BCUT2D eigenvalue weighted by atomic mass is 19.4. The van der Waals surface area contributed by atoms with E-state index in [1.54, 1.807) is 6.92 Å². The van der Waals surface area contributed by atoms with Crippen LogP contribution in [0.5, 0.6) is 0 Å². The van der Waals surface area contributed by atoms with Crippen LogP contribution in [0.25, 0.3) is 0 Å². The van der Waals surface area contributed by atoms with E-state index in [2.05, 4.69) is 4.98 Å². The van der Waals surface area contributed by atoms with Crippen molar-refractivity contribution in [3.63, 3.8) is 0 Å². The Morgan fingerprint density at radius 3 is 2.76 bits per heavy atom. The summed E-state index contributed by atoms with van der Waals surface area (Å²) < 4.78 is 44.4. The monoisotopic (exact) mass is 246 g/mol. The number of aryl methyl sites for hydroxylation is 1. The van der Waals surface area contributed by atoms with Gasteiger partial charge in [-0.1, -0.05) is 0 Å². The van der Waals surface area contributed by atoms with E-state index in [-0.39, 0.29) is 25.3 Å². The summed E-state index contributed by atoms with van der Waals surface area (Å²) in [4.78, 5) is 5.41. The molecule has 1 aromatic rings. The second kappa shape index (κ2) is 3.25. The standard InChI is InChI=1S/C11H13F3N2O/c1-7-15-4-9(17-7)6-16-5-8-2-10(16,3-8)11(12,13)14/h4,8H,2-3,5-6H2,1H3. The molecule has 0 radical (unpaired) electrons. The fourth-order valence-corrected chi connectivity index (χ4v) is 3.06. The van der Waals surface area contributed by atoms with Crippen molar-refractivity contribution in [1.82, 2.24) is 9.88 Å². The highest BCUT2D eigenvalue weighted by Crippen LogP contribution is 2.58. The summed E-state index contributed by atoms with van der Waals surface area (Å²) in [6.45, 7) is 2.41. The first-order chi connectivity index (χ1) is 7.91. The molecule has 0 atom stereocenters. The molecule has 0 amide bonds. The van der Waals surface area contributed by atoms with Gasteiger partial charge in [0.1, 0.15) is 11.3 Å². The van der Waals surface area contributed by atoms with E-state index in [4.69, 9.17) is 4.42 Å². The van der Waals surface area contributed by atoms with E-state index in [0.717, 1.165) is 0 Å². The summed E-state index contributed by atoms with van der Waals surface area (Å²) in [6.07, 6.45) is -2.16. The number of fused-ring (bicyclic) bond motifs is 1. The van der Waals surface area contributed by atoms with Gasteiger partial charge in [0, 0.05) is 13.5 Å². The van der Waals surface area contributed by atoms with E-state index in [1.165, 1.54) is 11.1 Å². The van der Waals surface area contributed by atoms with Gasteiger partial charge in [0.05, 0.1) is 12.7 Å². The van der Waals surface area contributed by atoms with E-state index < -0.39 is 11.7 Å². The summed E-state index contributed by atoms with van der Waals surface area (Å²) in [6, 6.07) is 0. The smallest absolute Gasteiger partial charge is 0.406 e. The Morgan fingerprint density at radius 2 is 2.24 bits per heavy atom. The van der Waals surface area contributed by atoms with Gasteiger partial charge in [-0.3, -0.25) is 4.90 Å². The lowest BCUT2D eigenvalue weighted by molar-refractivity contribution is -0.239. The highest BCUT2D eigenvalue weighted by Gasteiger charge is 2.69. The molecule has 1 aliphatic carbocycles.